The molecule has 1 aromatic heterocycles. The van der Waals surface area contributed by atoms with Crippen LogP contribution in [0.15, 0.2) is 54.7 Å². The molecule has 5 nitrogen and oxygen atoms in total. The first-order chi connectivity index (χ1) is 11.1. The van der Waals surface area contributed by atoms with Crippen molar-refractivity contribution in [3.8, 4) is 5.75 Å². The molecule has 0 aliphatic carbocycles. The number of rotatable bonds is 3. The predicted molar refractivity (Wildman–Crippen MR) is 90.1 cm³/mol. The minimum Gasteiger partial charge on any atom is -0.508 e. The average molecular weight is 307 g/mol. The molecule has 0 atom stereocenters. The molecular weight excluding hydrogens is 290 g/mol. The van der Waals surface area contributed by atoms with E-state index in [1.807, 2.05) is 30.3 Å². The summed E-state index contributed by atoms with van der Waals surface area (Å²) >= 11 is 0. The molecular formula is C18H17N3O2. The molecule has 1 heterocycles. The Labute approximate surface area is 134 Å². The number of hydrogen-bond acceptors (Lipinski definition) is 4. The highest BCUT2D eigenvalue weighted by Gasteiger charge is 2.16. The van der Waals surface area contributed by atoms with Crippen LogP contribution >= 0.6 is 0 Å². The number of carbonyl (C=O) groups is 1. The minimum absolute atomic E-state index is 0.0165. The smallest absolute Gasteiger partial charge is 0.256 e. The summed E-state index contributed by atoms with van der Waals surface area (Å²) in [5.41, 5.74) is 8.31. The molecule has 0 unspecified atom stereocenters. The minimum atomic E-state index is -0.244. The van der Waals surface area contributed by atoms with Gasteiger partial charge in [0.25, 0.3) is 5.91 Å². The highest BCUT2D eigenvalue weighted by Crippen LogP contribution is 2.22. The number of anilines is 1. The van der Waals surface area contributed by atoms with Crippen molar-refractivity contribution in [3.63, 3.8) is 0 Å². The topological polar surface area (TPSA) is 79.5 Å². The van der Waals surface area contributed by atoms with E-state index in [1.54, 1.807) is 18.1 Å². The number of phenolic OH excluding ortho intramolecular Hbond substituents is 1. The van der Waals surface area contributed by atoms with E-state index in [4.69, 9.17) is 5.73 Å². The van der Waals surface area contributed by atoms with Crippen molar-refractivity contribution in [2.75, 3.05) is 12.8 Å². The van der Waals surface area contributed by atoms with E-state index in [0.29, 0.717) is 17.8 Å². The van der Waals surface area contributed by atoms with Gasteiger partial charge in [-0.05, 0) is 29.8 Å². The van der Waals surface area contributed by atoms with Crippen molar-refractivity contribution in [2.45, 2.75) is 6.54 Å². The molecule has 23 heavy (non-hydrogen) atoms. The summed E-state index contributed by atoms with van der Waals surface area (Å²) in [5, 5.41) is 10.6. The Morgan fingerprint density at radius 2 is 2.00 bits per heavy atom. The Kier molecular flexibility index (Phi) is 3.85. The molecule has 2 aromatic carbocycles. The van der Waals surface area contributed by atoms with Gasteiger partial charge in [-0.15, -0.1) is 0 Å². The van der Waals surface area contributed by atoms with Gasteiger partial charge >= 0.3 is 0 Å². The maximum atomic E-state index is 12.6. The number of hydrogen-bond donors (Lipinski definition) is 2. The summed E-state index contributed by atoms with van der Waals surface area (Å²) in [4.78, 5) is 18.5. The molecule has 3 rings (SSSR count). The van der Waals surface area contributed by atoms with Crippen molar-refractivity contribution in [1.29, 1.82) is 0 Å². The van der Waals surface area contributed by atoms with Gasteiger partial charge in [-0.3, -0.25) is 9.78 Å². The number of fused-ring (bicyclic) bond motifs is 1. The van der Waals surface area contributed by atoms with Gasteiger partial charge in [-0.2, -0.15) is 0 Å². The largest absolute Gasteiger partial charge is 0.508 e. The van der Waals surface area contributed by atoms with E-state index in [2.05, 4.69) is 4.98 Å². The lowest BCUT2D eigenvalue weighted by Crippen LogP contribution is -2.27. The number of nitrogens with zero attached hydrogens (tertiary/aromatic N) is 2. The van der Waals surface area contributed by atoms with Crippen LogP contribution < -0.4 is 5.73 Å². The molecule has 5 heteroatoms. The van der Waals surface area contributed by atoms with Crippen LogP contribution in [0, 0.1) is 0 Å². The van der Waals surface area contributed by atoms with E-state index in [0.717, 1.165) is 16.5 Å². The number of aromatic nitrogens is 1. The average Bonchev–Trinajstić information content (AvgIpc) is 2.56. The van der Waals surface area contributed by atoms with Crippen LogP contribution in [0.25, 0.3) is 10.9 Å². The fourth-order valence-electron chi connectivity index (χ4n) is 2.56. The fraction of sp³-hybridized carbons (Fsp3) is 0.111. The number of nitrogen functional groups attached to an aromatic ring is 1. The second-order valence-electron chi connectivity index (χ2n) is 5.43. The van der Waals surface area contributed by atoms with Crippen LogP contribution in [0.5, 0.6) is 5.75 Å². The predicted octanol–water partition coefficient (Wildman–Crippen LogP) is 2.79. The molecule has 1 amide bonds. The molecule has 116 valence electrons. The normalized spacial score (nSPS) is 10.7. The van der Waals surface area contributed by atoms with Crippen molar-refractivity contribution in [2.24, 2.45) is 0 Å². The Bertz CT molecular complexity index is 872. The lowest BCUT2D eigenvalue weighted by molar-refractivity contribution is 0.0786. The molecule has 0 aliphatic heterocycles. The molecule has 0 saturated heterocycles. The summed E-state index contributed by atoms with van der Waals surface area (Å²) in [7, 11) is 1.70. The van der Waals surface area contributed by atoms with Gasteiger partial charge in [0.05, 0.1) is 11.1 Å². The second kappa shape index (κ2) is 5.96. The molecule has 0 spiro atoms. The molecule has 0 aliphatic rings. The Morgan fingerprint density at radius 1 is 1.22 bits per heavy atom. The number of pyridine rings is 1. The SMILES string of the molecule is CN(Cc1cccc2cccnc12)C(=O)c1cc(O)ccc1N. The lowest BCUT2D eigenvalue weighted by Gasteiger charge is -2.19. The molecule has 0 radical (unpaired) electrons. The summed E-state index contributed by atoms with van der Waals surface area (Å²) in [6.07, 6.45) is 1.74. The molecule has 0 saturated carbocycles. The van der Waals surface area contributed by atoms with E-state index < -0.39 is 0 Å². The first kappa shape index (κ1) is 14.8. The van der Waals surface area contributed by atoms with Gasteiger partial charge in [0.1, 0.15) is 5.75 Å². The number of phenols is 1. The maximum absolute atomic E-state index is 12.6. The second-order valence-corrected chi connectivity index (χ2v) is 5.43. The van der Waals surface area contributed by atoms with E-state index >= 15 is 0 Å². The third kappa shape index (κ3) is 2.94. The summed E-state index contributed by atoms with van der Waals surface area (Å²) in [6, 6.07) is 14.1. The van der Waals surface area contributed by atoms with Crippen molar-refractivity contribution in [3.05, 3.63) is 65.9 Å². The lowest BCUT2D eigenvalue weighted by atomic mass is 10.1. The zero-order valence-electron chi connectivity index (χ0n) is 12.7. The Balaban J connectivity index is 1.90. The fourth-order valence-corrected chi connectivity index (χ4v) is 2.56. The van der Waals surface area contributed by atoms with Crippen molar-refractivity contribution in [1.82, 2.24) is 9.88 Å². The number of carbonyl (C=O) groups excluding carboxylic acids is 1. The van der Waals surface area contributed by atoms with Crippen molar-refractivity contribution < 1.29 is 9.90 Å². The van der Waals surface area contributed by atoms with Crippen molar-refractivity contribution >= 4 is 22.5 Å². The van der Waals surface area contributed by atoms with Crippen LogP contribution in [0.2, 0.25) is 0 Å². The number of para-hydroxylation sites is 1. The van der Waals surface area contributed by atoms with E-state index in [1.165, 1.54) is 18.2 Å². The Morgan fingerprint density at radius 3 is 2.83 bits per heavy atom. The zero-order chi connectivity index (χ0) is 16.4. The first-order valence-electron chi connectivity index (χ1n) is 7.23. The summed E-state index contributed by atoms with van der Waals surface area (Å²) in [5.74, 6) is -0.228. The van der Waals surface area contributed by atoms with Gasteiger partial charge in [-0.25, -0.2) is 0 Å². The molecule has 3 N–H and O–H groups in total. The number of benzene rings is 2. The number of aromatic hydroxyl groups is 1. The molecule has 0 bridgehead atoms. The monoisotopic (exact) mass is 307 g/mol. The first-order valence-corrected chi connectivity index (χ1v) is 7.23. The van der Waals surface area contributed by atoms with Crippen LogP contribution in [0.1, 0.15) is 15.9 Å². The number of amides is 1. The zero-order valence-corrected chi connectivity index (χ0v) is 12.7. The quantitative estimate of drug-likeness (QED) is 0.576. The highest BCUT2D eigenvalue weighted by molar-refractivity contribution is 5.99. The molecule has 3 aromatic rings. The maximum Gasteiger partial charge on any atom is 0.256 e. The number of nitrogens with two attached hydrogens (primary N) is 1. The van der Waals surface area contributed by atoms with E-state index in [-0.39, 0.29) is 11.7 Å². The van der Waals surface area contributed by atoms with Crippen LogP contribution in [0.4, 0.5) is 5.69 Å². The third-order valence-corrected chi connectivity index (χ3v) is 3.74. The standard InChI is InChI=1S/C18H17N3O2/c1-21(18(23)15-10-14(22)7-8-16(15)19)11-13-5-2-4-12-6-3-9-20-17(12)13/h2-10,22H,11,19H2,1H3. The van der Waals surface area contributed by atoms with Crippen LogP contribution in [-0.2, 0) is 6.54 Å². The third-order valence-electron chi connectivity index (χ3n) is 3.74. The van der Waals surface area contributed by atoms with Gasteiger partial charge in [-0.1, -0.05) is 24.3 Å². The van der Waals surface area contributed by atoms with Gasteiger partial charge in [0, 0.05) is 30.9 Å². The summed E-state index contributed by atoms with van der Waals surface area (Å²) in [6.45, 7) is 0.405. The van der Waals surface area contributed by atoms with Crippen LogP contribution in [0.3, 0.4) is 0 Å². The van der Waals surface area contributed by atoms with Gasteiger partial charge in [0.15, 0.2) is 0 Å². The molecule has 0 fully saturated rings. The van der Waals surface area contributed by atoms with Gasteiger partial charge in [0.2, 0.25) is 0 Å². The van der Waals surface area contributed by atoms with E-state index in [9.17, 15) is 9.90 Å². The van der Waals surface area contributed by atoms with Crippen LogP contribution in [-0.4, -0.2) is 27.9 Å². The summed E-state index contributed by atoms with van der Waals surface area (Å²) < 4.78 is 0. The highest BCUT2D eigenvalue weighted by atomic mass is 16.3. The van der Waals surface area contributed by atoms with Gasteiger partial charge < -0.3 is 15.7 Å². The Hall–Kier alpha value is -3.08.